The maximum absolute atomic E-state index is 12.2. The second-order valence-electron chi connectivity index (χ2n) is 4.27. The lowest BCUT2D eigenvalue weighted by Crippen LogP contribution is -2.50. The van der Waals surface area contributed by atoms with Crippen molar-refractivity contribution in [2.24, 2.45) is 0 Å². The number of aryl methyl sites for hydroxylation is 1. The number of amides is 1. The molecule has 0 aromatic carbocycles. The van der Waals surface area contributed by atoms with Gasteiger partial charge in [0.1, 0.15) is 5.82 Å². The molecule has 0 bridgehead atoms. The molecular formula is C11H18N4O3. The first kappa shape index (κ1) is 13.0. The molecule has 2 rings (SSSR count). The van der Waals surface area contributed by atoms with Crippen molar-refractivity contribution in [3.8, 4) is 0 Å². The molecule has 2 N–H and O–H groups in total. The van der Waals surface area contributed by atoms with Gasteiger partial charge in [0.2, 0.25) is 5.82 Å². The van der Waals surface area contributed by atoms with Gasteiger partial charge in [-0.05, 0) is 6.42 Å². The summed E-state index contributed by atoms with van der Waals surface area (Å²) in [6.07, 6.45) is 1.71. The highest BCUT2D eigenvalue weighted by atomic mass is 16.5. The molecule has 1 atom stereocenters. The highest BCUT2D eigenvalue weighted by molar-refractivity contribution is 5.90. The number of aliphatic hydroxyl groups is 1. The molecule has 1 saturated heterocycles. The lowest BCUT2D eigenvalue weighted by atomic mass is 10.2. The van der Waals surface area contributed by atoms with Crippen LogP contribution in [0.2, 0.25) is 0 Å². The first-order chi connectivity index (χ1) is 8.76. The molecular weight excluding hydrogens is 236 g/mol. The van der Waals surface area contributed by atoms with E-state index in [0.717, 1.165) is 18.7 Å². The fraction of sp³-hybridized carbons (Fsp3) is 0.727. The molecule has 1 amide bonds. The smallest absolute Gasteiger partial charge is 0.294 e. The van der Waals surface area contributed by atoms with Gasteiger partial charge in [0.15, 0.2) is 0 Å². The van der Waals surface area contributed by atoms with Crippen molar-refractivity contribution in [2.75, 3.05) is 26.4 Å². The summed E-state index contributed by atoms with van der Waals surface area (Å²) in [5.41, 5.74) is 0. The molecule has 100 valence electrons. The van der Waals surface area contributed by atoms with Crippen molar-refractivity contribution in [3.63, 3.8) is 0 Å². The number of hydrogen-bond acceptors (Lipinski definition) is 5. The number of morpholine rings is 1. The highest BCUT2D eigenvalue weighted by Gasteiger charge is 2.29. The van der Waals surface area contributed by atoms with Crippen LogP contribution in [0.25, 0.3) is 0 Å². The average molecular weight is 254 g/mol. The predicted molar refractivity (Wildman–Crippen MR) is 63.1 cm³/mol. The van der Waals surface area contributed by atoms with Gasteiger partial charge in [-0.2, -0.15) is 0 Å². The Labute approximate surface area is 105 Å². The Morgan fingerprint density at radius 3 is 3.22 bits per heavy atom. The van der Waals surface area contributed by atoms with Crippen molar-refractivity contribution in [1.29, 1.82) is 0 Å². The summed E-state index contributed by atoms with van der Waals surface area (Å²) in [4.78, 5) is 17.9. The molecule has 1 aliphatic heterocycles. The third-order valence-electron chi connectivity index (χ3n) is 2.91. The molecule has 1 aliphatic rings. The standard InChI is InChI=1S/C11H18N4O3/c1-2-3-9-12-10(14-13-9)11(17)15-4-5-18-7-8(15)6-16/h8,16H,2-7H2,1H3,(H,12,13,14). The Kier molecular flexibility index (Phi) is 4.27. The Hall–Kier alpha value is -1.47. The van der Waals surface area contributed by atoms with Gasteiger partial charge in [-0.3, -0.25) is 9.89 Å². The first-order valence-electron chi connectivity index (χ1n) is 6.17. The molecule has 1 aromatic rings. The van der Waals surface area contributed by atoms with E-state index in [9.17, 15) is 9.90 Å². The van der Waals surface area contributed by atoms with Gasteiger partial charge in [-0.15, -0.1) is 5.10 Å². The van der Waals surface area contributed by atoms with Gasteiger partial charge in [0.25, 0.3) is 5.91 Å². The summed E-state index contributed by atoms with van der Waals surface area (Å²) in [5.74, 6) is 0.629. The maximum Gasteiger partial charge on any atom is 0.294 e. The van der Waals surface area contributed by atoms with Crippen molar-refractivity contribution in [1.82, 2.24) is 20.1 Å². The minimum absolute atomic E-state index is 0.113. The van der Waals surface area contributed by atoms with Crippen LogP contribution in [-0.4, -0.2) is 63.5 Å². The summed E-state index contributed by atoms with van der Waals surface area (Å²) in [6.45, 7) is 3.22. The van der Waals surface area contributed by atoms with Crippen LogP contribution in [0.3, 0.4) is 0 Å². The monoisotopic (exact) mass is 254 g/mol. The molecule has 0 aliphatic carbocycles. The third-order valence-corrected chi connectivity index (χ3v) is 2.91. The molecule has 0 saturated carbocycles. The first-order valence-corrected chi connectivity index (χ1v) is 6.17. The summed E-state index contributed by atoms with van der Waals surface area (Å²) in [6, 6.07) is -0.306. The number of aliphatic hydroxyl groups excluding tert-OH is 1. The number of aromatic amines is 1. The lowest BCUT2D eigenvalue weighted by molar-refractivity contribution is -0.0189. The minimum Gasteiger partial charge on any atom is -0.394 e. The van der Waals surface area contributed by atoms with Crippen LogP contribution in [0, 0.1) is 0 Å². The van der Waals surface area contributed by atoms with Crippen LogP contribution >= 0.6 is 0 Å². The van der Waals surface area contributed by atoms with E-state index < -0.39 is 0 Å². The van der Waals surface area contributed by atoms with Crippen LogP contribution in [-0.2, 0) is 11.2 Å². The van der Waals surface area contributed by atoms with E-state index in [-0.39, 0.29) is 24.4 Å². The number of carbonyl (C=O) groups is 1. The molecule has 1 fully saturated rings. The van der Waals surface area contributed by atoms with E-state index in [1.807, 2.05) is 6.92 Å². The van der Waals surface area contributed by atoms with Crippen LogP contribution in [0.5, 0.6) is 0 Å². The Morgan fingerprint density at radius 1 is 1.67 bits per heavy atom. The topological polar surface area (TPSA) is 91.3 Å². The van der Waals surface area contributed by atoms with Crippen LogP contribution < -0.4 is 0 Å². The van der Waals surface area contributed by atoms with E-state index in [1.165, 1.54) is 0 Å². The maximum atomic E-state index is 12.2. The second-order valence-corrected chi connectivity index (χ2v) is 4.27. The number of rotatable bonds is 4. The number of H-pyrrole nitrogens is 1. The number of nitrogens with zero attached hydrogens (tertiary/aromatic N) is 3. The molecule has 1 aromatic heterocycles. The van der Waals surface area contributed by atoms with Crippen LogP contribution in [0.15, 0.2) is 0 Å². The number of hydrogen-bond donors (Lipinski definition) is 2. The zero-order valence-corrected chi connectivity index (χ0v) is 10.4. The van der Waals surface area contributed by atoms with Crippen molar-refractivity contribution in [3.05, 3.63) is 11.6 Å². The molecule has 1 unspecified atom stereocenters. The van der Waals surface area contributed by atoms with E-state index in [4.69, 9.17) is 4.74 Å². The largest absolute Gasteiger partial charge is 0.394 e. The Balaban J connectivity index is 2.08. The van der Waals surface area contributed by atoms with Gasteiger partial charge < -0.3 is 14.7 Å². The SMILES string of the molecule is CCCc1nc(C(=O)N2CCOCC2CO)n[nH]1. The molecule has 2 heterocycles. The fourth-order valence-electron chi connectivity index (χ4n) is 1.94. The fourth-order valence-corrected chi connectivity index (χ4v) is 1.94. The number of carbonyl (C=O) groups excluding carboxylic acids is 1. The molecule has 18 heavy (non-hydrogen) atoms. The highest BCUT2D eigenvalue weighted by Crippen LogP contribution is 2.10. The van der Waals surface area contributed by atoms with Crippen molar-refractivity contribution >= 4 is 5.91 Å². The van der Waals surface area contributed by atoms with Gasteiger partial charge >= 0.3 is 0 Å². The molecule has 0 radical (unpaired) electrons. The zero-order valence-electron chi connectivity index (χ0n) is 10.4. The molecule has 7 heteroatoms. The van der Waals surface area contributed by atoms with E-state index in [0.29, 0.717) is 19.8 Å². The van der Waals surface area contributed by atoms with E-state index in [1.54, 1.807) is 4.90 Å². The van der Waals surface area contributed by atoms with Gasteiger partial charge in [0.05, 0.1) is 25.9 Å². The van der Waals surface area contributed by atoms with Crippen LogP contribution in [0.4, 0.5) is 0 Å². The number of aromatic nitrogens is 3. The van der Waals surface area contributed by atoms with Crippen molar-refractivity contribution < 1.29 is 14.6 Å². The number of nitrogens with one attached hydrogen (secondary N) is 1. The van der Waals surface area contributed by atoms with Gasteiger partial charge in [-0.1, -0.05) is 6.92 Å². The Bertz CT molecular complexity index is 407. The predicted octanol–water partition coefficient (Wildman–Crippen LogP) is -0.410. The summed E-state index contributed by atoms with van der Waals surface area (Å²) in [7, 11) is 0. The van der Waals surface area contributed by atoms with E-state index in [2.05, 4.69) is 15.2 Å². The normalized spacial score (nSPS) is 20.1. The minimum atomic E-state index is -0.306. The summed E-state index contributed by atoms with van der Waals surface area (Å²) < 4.78 is 5.23. The lowest BCUT2D eigenvalue weighted by Gasteiger charge is -2.33. The Morgan fingerprint density at radius 2 is 2.50 bits per heavy atom. The van der Waals surface area contributed by atoms with Gasteiger partial charge in [0, 0.05) is 13.0 Å². The third kappa shape index (κ3) is 2.68. The van der Waals surface area contributed by atoms with E-state index >= 15 is 0 Å². The number of ether oxygens (including phenoxy) is 1. The quantitative estimate of drug-likeness (QED) is 0.762. The summed E-state index contributed by atoms with van der Waals surface area (Å²) in [5, 5.41) is 15.9. The van der Waals surface area contributed by atoms with Crippen molar-refractivity contribution in [2.45, 2.75) is 25.8 Å². The van der Waals surface area contributed by atoms with Gasteiger partial charge in [-0.25, -0.2) is 4.98 Å². The zero-order chi connectivity index (χ0) is 13.0. The second kappa shape index (κ2) is 5.92. The summed E-state index contributed by atoms with van der Waals surface area (Å²) >= 11 is 0. The molecule has 7 nitrogen and oxygen atoms in total. The molecule has 0 spiro atoms. The van der Waals surface area contributed by atoms with Crippen LogP contribution in [0.1, 0.15) is 29.8 Å². The average Bonchev–Trinajstić information content (AvgIpc) is 2.87.